The Hall–Kier alpha value is -3.95. The van der Waals surface area contributed by atoms with Gasteiger partial charge in [0, 0.05) is 11.6 Å². The van der Waals surface area contributed by atoms with Gasteiger partial charge in [0.15, 0.2) is 23.2 Å². The molecule has 4 rings (SSSR count). The summed E-state index contributed by atoms with van der Waals surface area (Å²) in [5.74, 6) is -9.81. The SMILES string of the molecule is Cc1ccoc1C(=O)Nc1c(F)cc(N2C(=O)c3cccc(F)c3C2=O)c(F)c1F. The van der Waals surface area contributed by atoms with Crippen LogP contribution in [0.3, 0.4) is 0 Å². The number of hydrogen-bond acceptors (Lipinski definition) is 4. The van der Waals surface area contributed by atoms with Crippen LogP contribution < -0.4 is 10.2 Å². The molecule has 0 fully saturated rings. The molecular formula is C20H10F4N2O4. The van der Waals surface area contributed by atoms with Crippen molar-refractivity contribution in [1.82, 2.24) is 0 Å². The van der Waals surface area contributed by atoms with Crippen molar-refractivity contribution >= 4 is 29.1 Å². The van der Waals surface area contributed by atoms with Crippen LogP contribution in [-0.2, 0) is 0 Å². The van der Waals surface area contributed by atoms with E-state index in [1.807, 2.05) is 5.32 Å². The van der Waals surface area contributed by atoms with Crippen molar-refractivity contribution in [1.29, 1.82) is 0 Å². The van der Waals surface area contributed by atoms with Gasteiger partial charge in [0.1, 0.15) is 11.5 Å². The number of rotatable bonds is 3. The number of benzene rings is 2. The van der Waals surface area contributed by atoms with Gasteiger partial charge in [-0.2, -0.15) is 0 Å². The molecule has 1 aromatic heterocycles. The Bertz CT molecular complexity index is 1250. The molecule has 0 aliphatic carbocycles. The summed E-state index contributed by atoms with van der Waals surface area (Å²) in [6.45, 7) is 1.51. The van der Waals surface area contributed by atoms with Crippen molar-refractivity contribution in [2.24, 2.45) is 0 Å². The van der Waals surface area contributed by atoms with E-state index >= 15 is 0 Å². The summed E-state index contributed by atoms with van der Waals surface area (Å²) in [6, 6.07) is 5.01. The summed E-state index contributed by atoms with van der Waals surface area (Å²) in [5, 5.41) is 1.86. The molecule has 6 nitrogen and oxygen atoms in total. The second kappa shape index (κ2) is 6.83. The molecule has 0 atom stereocenters. The van der Waals surface area contributed by atoms with E-state index in [4.69, 9.17) is 4.42 Å². The molecule has 0 bridgehead atoms. The predicted octanol–water partition coefficient (Wildman–Crippen LogP) is 4.20. The van der Waals surface area contributed by atoms with Crippen molar-refractivity contribution < 1.29 is 36.4 Å². The maximum Gasteiger partial charge on any atom is 0.291 e. The zero-order chi connectivity index (χ0) is 21.7. The van der Waals surface area contributed by atoms with Gasteiger partial charge in [0.2, 0.25) is 0 Å². The fourth-order valence-electron chi connectivity index (χ4n) is 3.10. The highest BCUT2D eigenvalue weighted by molar-refractivity contribution is 6.34. The average Bonchev–Trinajstić information content (AvgIpc) is 3.24. The molecule has 152 valence electrons. The smallest absolute Gasteiger partial charge is 0.291 e. The summed E-state index contributed by atoms with van der Waals surface area (Å²) in [4.78, 5) is 37.1. The summed E-state index contributed by atoms with van der Waals surface area (Å²) in [5.41, 5.74) is -2.82. The van der Waals surface area contributed by atoms with Gasteiger partial charge in [0.05, 0.1) is 23.1 Å². The molecule has 0 radical (unpaired) electrons. The number of amides is 3. The Balaban J connectivity index is 1.75. The van der Waals surface area contributed by atoms with Gasteiger partial charge in [-0.1, -0.05) is 6.07 Å². The lowest BCUT2D eigenvalue weighted by Crippen LogP contribution is -2.31. The number of fused-ring (bicyclic) bond motifs is 1. The van der Waals surface area contributed by atoms with Crippen molar-refractivity contribution in [3.8, 4) is 0 Å². The van der Waals surface area contributed by atoms with E-state index in [2.05, 4.69) is 0 Å². The maximum atomic E-state index is 14.7. The summed E-state index contributed by atoms with van der Waals surface area (Å²) in [7, 11) is 0. The second-order valence-electron chi connectivity index (χ2n) is 6.38. The molecule has 0 saturated heterocycles. The lowest BCUT2D eigenvalue weighted by atomic mass is 10.1. The van der Waals surface area contributed by atoms with E-state index in [9.17, 15) is 31.9 Å². The van der Waals surface area contributed by atoms with Gasteiger partial charge in [-0.05, 0) is 25.1 Å². The van der Waals surface area contributed by atoms with Crippen LogP contribution in [0, 0.1) is 30.2 Å². The van der Waals surface area contributed by atoms with E-state index < -0.39 is 57.9 Å². The fourth-order valence-corrected chi connectivity index (χ4v) is 3.10. The first-order valence-corrected chi connectivity index (χ1v) is 8.42. The van der Waals surface area contributed by atoms with E-state index in [1.54, 1.807) is 0 Å². The highest BCUT2D eigenvalue weighted by Crippen LogP contribution is 2.35. The third-order valence-electron chi connectivity index (χ3n) is 4.55. The van der Waals surface area contributed by atoms with Crippen molar-refractivity contribution in [2.45, 2.75) is 6.92 Å². The van der Waals surface area contributed by atoms with Crippen LogP contribution in [0.25, 0.3) is 0 Å². The number of nitrogens with one attached hydrogen (secondary N) is 1. The molecule has 0 saturated carbocycles. The zero-order valence-corrected chi connectivity index (χ0v) is 15.1. The highest BCUT2D eigenvalue weighted by Gasteiger charge is 2.41. The molecule has 3 aromatic rings. The number of halogens is 4. The van der Waals surface area contributed by atoms with Crippen molar-refractivity contribution in [3.05, 3.63) is 82.3 Å². The highest BCUT2D eigenvalue weighted by atomic mass is 19.2. The molecule has 0 spiro atoms. The molecule has 3 amide bonds. The number of anilines is 2. The first-order chi connectivity index (χ1) is 14.2. The van der Waals surface area contributed by atoms with Crippen LogP contribution >= 0.6 is 0 Å². The van der Waals surface area contributed by atoms with Crippen LogP contribution in [0.4, 0.5) is 28.9 Å². The quantitative estimate of drug-likeness (QED) is 0.393. The summed E-state index contributed by atoms with van der Waals surface area (Å²) >= 11 is 0. The molecule has 30 heavy (non-hydrogen) atoms. The molecular weight excluding hydrogens is 408 g/mol. The largest absolute Gasteiger partial charge is 0.459 e. The maximum absolute atomic E-state index is 14.7. The Labute approximate surface area is 165 Å². The first kappa shape index (κ1) is 19.4. The first-order valence-electron chi connectivity index (χ1n) is 8.42. The summed E-state index contributed by atoms with van der Waals surface area (Å²) < 4.78 is 62.6. The molecule has 0 unspecified atom stereocenters. The molecule has 1 N–H and O–H groups in total. The topological polar surface area (TPSA) is 79.6 Å². The van der Waals surface area contributed by atoms with Gasteiger partial charge in [-0.25, -0.2) is 22.5 Å². The number of furan rings is 1. The van der Waals surface area contributed by atoms with Crippen LogP contribution in [0.2, 0.25) is 0 Å². The number of imide groups is 1. The number of hydrogen-bond donors (Lipinski definition) is 1. The van der Waals surface area contributed by atoms with Gasteiger partial charge >= 0.3 is 0 Å². The Morgan fingerprint density at radius 2 is 1.73 bits per heavy atom. The van der Waals surface area contributed by atoms with Crippen LogP contribution in [0.5, 0.6) is 0 Å². The minimum Gasteiger partial charge on any atom is -0.459 e. The minimum atomic E-state index is -1.85. The lowest BCUT2D eigenvalue weighted by molar-refractivity contribution is 0.0921. The summed E-state index contributed by atoms with van der Waals surface area (Å²) in [6.07, 6.45) is 1.18. The monoisotopic (exact) mass is 418 g/mol. The molecule has 1 aliphatic heterocycles. The Morgan fingerprint density at radius 3 is 2.37 bits per heavy atom. The van der Waals surface area contributed by atoms with Crippen molar-refractivity contribution in [2.75, 3.05) is 10.2 Å². The zero-order valence-electron chi connectivity index (χ0n) is 15.1. The van der Waals surface area contributed by atoms with Gasteiger partial charge in [-0.15, -0.1) is 0 Å². The predicted molar refractivity (Wildman–Crippen MR) is 95.3 cm³/mol. The van der Waals surface area contributed by atoms with E-state index in [1.165, 1.54) is 19.3 Å². The third kappa shape index (κ3) is 2.76. The molecule has 1 aliphatic rings. The van der Waals surface area contributed by atoms with E-state index in [0.29, 0.717) is 11.6 Å². The van der Waals surface area contributed by atoms with Gasteiger partial charge in [0.25, 0.3) is 17.7 Å². The number of nitrogens with zero attached hydrogens (tertiary/aromatic N) is 1. The van der Waals surface area contributed by atoms with Crippen LogP contribution in [-0.4, -0.2) is 17.7 Å². The standard InChI is InChI=1S/C20H10F4N2O4/c1-8-5-6-30-17(8)18(27)25-16-11(22)7-12(14(23)15(16)24)26-19(28)9-3-2-4-10(21)13(9)20(26)29/h2-7H,1H3,(H,25,27). The number of carbonyl (C=O) groups excluding carboxylic acids is 3. The Morgan fingerprint density at radius 1 is 1.00 bits per heavy atom. The number of aryl methyl sites for hydroxylation is 1. The van der Waals surface area contributed by atoms with Crippen LogP contribution in [0.1, 0.15) is 36.8 Å². The van der Waals surface area contributed by atoms with Crippen molar-refractivity contribution in [3.63, 3.8) is 0 Å². The van der Waals surface area contributed by atoms with E-state index in [0.717, 1.165) is 18.2 Å². The molecule has 2 aromatic carbocycles. The minimum absolute atomic E-state index is 0.136. The van der Waals surface area contributed by atoms with E-state index in [-0.39, 0.29) is 16.2 Å². The average molecular weight is 418 g/mol. The lowest BCUT2D eigenvalue weighted by Gasteiger charge is -2.17. The fraction of sp³-hybridized carbons (Fsp3) is 0.0500. The number of carbonyl (C=O) groups is 3. The molecule has 2 heterocycles. The van der Waals surface area contributed by atoms with Crippen LogP contribution in [0.15, 0.2) is 41.0 Å². The second-order valence-corrected chi connectivity index (χ2v) is 6.38. The third-order valence-corrected chi connectivity index (χ3v) is 4.55. The Kier molecular flexibility index (Phi) is 4.41. The van der Waals surface area contributed by atoms with Gasteiger partial charge in [-0.3, -0.25) is 14.4 Å². The molecule has 10 heteroatoms. The normalized spacial score (nSPS) is 13.0. The van der Waals surface area contributed by atoms with Gasteiger partial charge < -0.3 is 9.73 Å².